The van der Waals surface area contributed by atoms with Crippen LogP contribution in [-0.4, -0.2) is 17.2 Å². The average molecular weight is 225 g/mol. The molecule has 1 aromatic carbocycles. The van der Waals surface area contributed by atoms with Gasteiger partial charge in [-0.15, -0.1) is 0 Å². The van der Waals surface area contributed by atoms with E-state index in [-0.39, 0.29) is 11.9 Å². The van der Waals surface area contributed by atoms with Crippen LogP contribution < -0.4 is 5.32 Å². The van der Waals surface area contributed by atoms with Crippen LogP contribution in [0.25, 0.3) is 0 Å². The maximum absolute atomic E-state index is 12.7. The van der Waals surface area contributed by atoms with Crippen LogP contribution in [0.4, 0.5) is 4.39 Å². The number of hydrogen-bond donors (Lipinski definition) is 2. The zero-order chi connectivity index (χ0) is 12.1. The number of nitrogens with one attached hydrogen (secondary N) is 1. The Morgan fingerprint density at radius 1 is 1.19 bits per heavy atom. The van der Waals surface area contributed by atoms with Gasteiger partial charge in [-0.2, -0.15) is 0 Å². The zero-order valence-electron chi connectivity index (χ0n) is 10.1. The van der Waals surface area contributed by atoms with Crippen molar-refractivity contribution >= 4 is 0 Å². The predicted molar refractivity (Wildman–Crippen MR) is 63.7 cm³/mol. The second kappa shape index (κ2) is 5.97. The number of rotatable bonds is 5. The molecule has 0 aromatic heterocycles. The quantitative estimate of drug-likeness (QED) is 0.807. The Labute approximate surface area is 96.5 Å². The minimum atomic E-state index is -0.540. The van der Waals surface area contributed by atoms with E-state index >= 15 is 0 Å². The largest absolute Gasteiger partial charge is 0.388 e. The maximum Gasteiger partial charge on any atom is 0.123 e. The van der Waals surface area contributed by atoms with E-state index in [9.17, 15) is 9.50 Å². The first kappa shape index (κ1) is 13.1. The van der Waals surface area contributed by atoms with Gasteiger partial charge in [0.15, 0.2) is 0 Å². The highest BCUT2D eigenvalue weighted by atomic mass is 19.1. The van der Waals surface area contributed by atoms with E-state index < -0.39 is 6.10 Å². The molecule has 0 radical (unpaired) electrons. The van der Waals surface area contributed by atoms with E-state index in [1.54, 1.807) is 12.1 Å². The highest BCUT2D eigenvalue weighted by molar-refractivity contribution is 5.18. The second-order valence-corrected chi connectivity index (χ2v) is 4.53. The average Bonchev–Trinajstić information content (AvgIpc) is 2.16. The summed E-state index contributed by atoms with van der Waals surface area (Å²) >= 11 is 0. The molecule has 2 nitrogen and oxygen atoms in total. The molecule has 3 heteroatoms. The van der Waals surface area contributed by atoms with Gasteiger partial charge in [0.1, 0.15) is 5.82 Å². The third kappa shape index (κ3) is 4.29. The molecule has 0 amide bonds. The van der Waals surface area contributed by atoms with E-state index in [1.165, 1.54) is 12.1 Å². The van der Waals surface area contributed by atoms with Gasteiger partial charge in [-0.3, -0.25) is 0 Å². The molecule has 0 saturated heterocycles. The third-order valence-electron chi connectivity index (χ3n) is 2.45. The zero-order valence-corrected chi connectivity index (χ0v) is 10.1. The lowest BCUT2D eigenvalue weighted by atomic mass is 10.0. The molecular weight excluding hydrogens is 205 g/mol. The van der Waals surface area contributed by atoms with Crippen molar-refractivity contribution in [1.82, 2.24) is 5.32 Å². The van der Waals surface area contributed by atoms with Crippen LogP contribution in [0.5, 0.6) is 0 Å². The van der Waals surface area contributed by atoms with E-state index in [2.05, 4.69) is 19.2 Å². The summed E-state index contributed by atoms with van der Waals surface area (Å²) in [7, 11) is 0. The summed E-state index contributed by atoms with van der Waals surface area (Å²) in [5.74, 6) is -0.274. The molecule has 2 atom stereocenters. The molecular formula is C13H20FNO. The molecule has 1 aromatic rings. The Morgan fingerprint density at radius 2 is 1.75 bits per heavy atom. The lowest BCUT2D eigenvalue weighted by molar-refractivity contribution is 0.152. The number of benzene rings is 1. The van der Waals surface area contributed by atoms with Crippen LogP contribution in [0, 0.1) is 5.82 Å². The summed E-state index contributed by atoms with van der Waals surface area (Å²) in [6.07, 6.45) is 0.0888. The van der Waals surface area contributed by atoms with Crippen LogP contribution in [0.1, 0.15) is 38.9 Å². The van der Waals surface area contributed by atoms with Crippen molar-refractivity contribution < 1.29 is 9.50 Å². The van der Waals surface area contributed by atoms with Gasteiger partial charge in [0.05, 0.1) is 6.10 Å². The van der Waals surface area contributed by atoms with Gasteiger partial charge >= 0.3 is 0 Å². The Balaban J connectivity index is 2.51. The van der Waals surface area contributed by atoms with Gasteiger partial charge in [0.25, 0.3) is 0 Å². The van der Waals surface area contributed by atoms with Crippen molar-refractivity contribution in [3.8, 4) is 0 Å². The summed E-state index contributed by atoms with van der Waals surface area (Å²) in [6, 6.07) is 6.64. The summed E-state index contributed by atoms with van der Waals surface area (Å²) in [5.41, 5.74) is 0.763. The highest BCUT2D eigenvalue weighted by Crippen LogP contribution is 2.18. The molecule has 0 aliphatic heterocycles. The molecule has 0 bridgehead atoms. The first-order valence-corrected chi connectivity index (χ1v) is 5.68. The van der Waals surface area contributed by atoms with E-state index in [4.69, 9.17) is 0 Å². The number of aliphatic hydroxyl groups excluding tert-OH is 1. The Bertz CT molecular complexity index is 310. The van der Waals surface area contributed by atoms with Crippen molar-refractivity contribution in [1.29, 1.82) is 0 Å². The van der Waals surface area contributed by atoms with Crippen molar-refractivity contribution in [2.24, 2.45) is 0 Å². The lowest BCUT2D eigenvalue weighted by Crippen LogP contribution is -2.33. The van der Waals surface area contributed by atoms with Gasteiger partial charge in [-0.05, 0) is 31.0 Å². The topological polar surface area (TPSA) is 32.3 Å². The fourth-order valence-corrected chi connectivity index (χ4v) is 1.79. The van der Waals surface area contributed by atoms with Crippen molar-refractivity contribution in [2.45, 2.75) is 45.4 Å². The first-order chi connectivity index (χ1) is 7.49. The molecule has 0 saturated carbocycles. The molecule has 2 unspecified atom stereocenters. The molecule has 16 heavy (non-hydrogen) atoms. The van der Waals surface area contributed by atoms with Crippen molar-refractivity contribution in [2.75, 3.05) is 0 Å². The molecule has 0 aliphatic carbocycles. The predicted octanol–water partition coefficient (Wildman–Crippen LogP) is 2.64. The molecule has 1 rings (SSSR count). The van der Waals surface area contributed by atoms with Crippen molar-refractivity contribution in [3.05, 3.63) is 35.6 Å². The molecule has 90 valence electrons. The van der Waals surface area contributed by atoms with Gasteiger partial charge in [-0.25, -0.2) is 4.39 Å². The van der Waals surface area contributed by atoms with Gasteiger partial charge in [0, 0.05) is 12.1 Å². The summed E-state index contributed by atoms with van der Waals surface area (Å²) in [6.45, 7) is 6.17. The second-order valence-electron chi connectivity index (χ2n) is 4.53. The molecule has 0 heterocycles. The number of hydrogen-bond acceptors (Lipinski definition) is 2. The van der Waals surface area contributed by atoms with Gasteiger partial charge < -0.3 is 10.4 Å². The van der Waals surface area contributed by atoms with Crippen molar-refractivity contribution in [3.63, 3.8) is 0 Å². The molecule has 0 spiro atoms. The van der Waals surface area contributed by atoms with Crippen LogP contribution in [-0.2, 0) is 0 Å². The van der Waals surface area contributed by atoms with E-state index in [1.807, 2.05) is 6.92 Å². The van der Waals surface area contributed by atoms with Gasteiger partial charge in [-0.1, -0.05) is 26.0 Å². The van der Waals surface area contributed by atoms with Crippen LogP contribution in [0.2, 0.25) is 0 Å². The first-order valence-electron chi connectivity index (χ1n) is 5.68. The normalized spacial score (nSPS) is 15.1. The lowest BCUT2D eigenvalue weighted by Gasteiger charge is -2.20. The summed E-state index contributed by atoms with van der Waals surface area (Å²) in [5, 5.41) is 13.3. The Hall–Kier alpha value is -0.930. The molecule has 0 fully saturated rings. The Kier molecular flexibility index (Phi) is 4.90. The minimum Gasteiger partial charge on any atom is -0.388 e. The fraction of sp³-hybridized carbons (Fsp3) is 0.538. The van der Waals surface area contributed by atoms with Crippen LogP contribution in [0.15, 0.2) is 24.3 Å². The SMILES string of the molecule is CC(C)NC(C)CC(O)c1ccc(F)cc1. The van der Waals surface area contributed by atoms with E-state index in [0.29, 0.717) is 12.5 Å². The third-order valence-corrected chi connectivity index (χ3v) is 2.45. The number of aliphatic hydroxyl groups is 1. The highest BCUT2D eigenvalue weighted by Gasteiger charge is 2.12. The van der Waals surface area contributed by atoms with Crippen LogP contribution in [0.3, 0.4) is 0 Å². The summed E-state index contributed by atoms with van der Waals surface area (Å²) in [4.78, 5) is 0. The van der Waals surface area contributed by atoms with E-state index in [0.717, 1.165) is 5.56 Å². The van der Waals surface area contributed by atoms with Gasteiger partial charge in [0.2, 0.25) is 0 Å². The fourth-order valence-electron chi connectivity index (χ4n) is 1.79. The molecule has 2 N–H and O–H groups in total. The smallest absolute Gasteiger partial charge is 0.123 e. The summed E-state index contributed by atoms with van der Waals surface area (Å²) < 4.78 is 12.7. The minimum absolute atomic E-state index is 0.236. The van der Waals surface area contributed by atoms with Crippen LogP contribution >= 0.6 is 0 Å². The molecule has 0 aliphatic rings. The monoisotopic (exact) mass is 225 g/mol. The Morgan fingerprint density at radius 3 is 2.25 bits per heavy atom. The standard InChI is InChI=1S/C13H20FNO/c1-9(2)15-10(3)8-13(16)11-4-6-12(14)7-5-11/h4-7,9-10,13,15-16H,8H2,1-3H3. The number of halogens is 1. The maximum atomic E-state index is 12.7.